The number of nitrogens with zero attached hydrogens (tertiary/aromatic N) is 2. The summed E-state index contributed by atoms with van der Waals surface area (Å²) in [6.07, 6.45) is 0.270. The van der Waals surface area contributed by atoms with E-state index < -0.39 is 0 Å². The van der Waals surface area contributed by atoms with Crippen molar-refractivity contribution in [2.45, 2.75) is 32.9 Å². The largest absolute Gasteiger partial charge is 0.490 e. The number of ether oxygens (including phenoxy) is 1. The molecule has 1 amide bonds. The Bertz CT molecular complexity index is 816. The molecule has 27 heavy (non-hydrogen) atoms. The molecule has 2 aromatic carbocycles. The first-order valence-electron chi connectivity index (χ1n) is 8.78. The van der Waals surface area contributed by atoms with E-state index in [4.69, 9.17) is 22.2 Å². The summed E-state index contributed by atoms with van der Waals surface area (Å²) >= 11 is 5.44. The van der Waals surface area contributed by atoms with Crippen LogP contribution in [0.4, 0.5) is 0 Å². The first kappa shape index (κ1) is 20.4. The lowest BCUT2D eigenvalue weighted by Crippen LogP contribution is -2.42. The van der Waals surface area contributed by atoms with Crippen molar-refractivity contribution in [3.8, 4) is 11.8 Å². The van der Waals surface area contributed by atoms with E-state index in [1.807, 2.05) is 55.1 Å². The Kier molecular flexibility index (Phi) is 7.78. The Hall–Kier alpha value is -2.91. The number of nitriles is 1. The van der Waals surface area contributed by atoms with Crippen LogP contribution >= 0.6 is 12.2 Å². The normalized spacial score (nSPS) is 10.1. The molecule has 2 aromatic rings. The molecule has 2 rings (SSSR count). The Labute approximate surface area is 165 Å². The second kappa shape index (κ2) is 10.3. The lowest BCUT2D eigenvalue weighted by molar-refractivity contribution is 0.0967. The summed E-state index contributed by atoms with van der Waals surface area (Å²) in [7, 11) is 0. The van der Waals surface area contributed by atoms with Crippen LogP contribution in [0.25, 0.3) is 0 Å². The Morgan fingerprint density at radius 1 is 1.19 bits per heavy atom. The molecular weight excluding hydrogens is 358 g/mol. The number of rotatable bonds is 7. The monoisotopic (exact) mass is 381 g/mol. The van der Waals surface area contributed by atoms with Gasteiger partial charge in [-0.15, -0.1) is 0 Å². The molecule has 0 atom stereocenters. The van der Waals surface area contributed by atoms with E-state index in [2.05, 4.69) is 11.4 Å². The van der Waals surface area contributed by atoms with Crippen molar-refractivity contribution in [2.24, 2.45) is 0 Å². The van der Waals surface area contributed by atoms with Gasteiger partial charge >= 0.3 is 0 Å². The predicted molar refractivity (Wildman–Crippen MR) is 109 cm³/mol. The molecular formula is C21H23N3O2S. The zero-order valence-corrected chi connectivity index (χ0v) is 16.3. The first-order chi connectivity index (χ1) is 13.0. The molecule has 0 bridgehead atoms. The van der Waals surface area contributed by atoms with Gasteiger partial charge in [0.15, 0.2) is 5.11 Å². The standard InChI is InChI=1S/C21H23N3O2S/c1-16(2)26-19-12-7-6-11-18(19)20(25)23-21(27)24(14-8-13-22)15-17-9-4-3-5-10-17/h3-7,9-12,16H,8,14-15H2,1-2H3,(H,23,25,27). The number of carbonyl (C=O) groups excluding carboxylic acids is 1. The van der Waals surface area contributed by atoms with E-state index in [9.17, 15) is 4.79 Å². The summed E-state index contributed by atoms with van der Waals surface area (Å²) < 4.78 is 5.71. The summed E-state index contributed by atoms with van der Waals surface area (Å²) in [6.45, 7) is 4.77. The van der Waals surface area contributed by atoms with E-state index in [0.29, 0.717) is 35.9 Å². The third kappa shape index (κ3) is 6.39. The molecule has 0 radical (unpaired) electrons. The maximum atomic E-state index is 12.7. The maximum Gasteiger partial charge on any atom is 0.261 e. The zero-order valence-electron chi connectivity index (χ0n) is 15.5. The van der Waals surface area contributed by atoms with Crippen molar-refractivity contribution in [1.29, 1.82) is 5.26 Å². The van der Waals surface area contributed by atoms with Crippen molar-refractivity contribution < 1.29 is 9.53 Å². The minimum atomic E-state index is -0.328. The van der Waals surface area contributed by atoms with Gasteiger partial charge in [0.25, 0.3) is 5.91 Å². The molecule has 0 spiro atoms. The van der Waals surface area contributed by atoms with Crippen LogP contribution in [-0.2, 0) is 6.54 Å². The van der Waals surface area contributed by atoms with Gasteiger partial charge in [0, 0.05) is 13.1 Å². The summed E-state index contributed by atoms with van der Waals surface area (Å²) in [5.74, 6) is 0.186. The van der Waals surface area contributed by atoms with E-state index in [1.54, 1.807) is 18.2 Å². The number of hydrogen-bond acceptors (Lipinski definition) is 4. The number of carbonyl (C=O) groups is 1. The fraction of sp³-hybridized carbons (Fsp3) is 0.286. The van der Waals surface area contributed by atoms with Gasteiger partial charge in [-0.25, -0.2) is 0 Å². The summed E-state index contributed by atoms with van der Waals surface area (Å²) in [5, 5.41) is 12.0. The van der Waals surface area contributed by atoms with Crippen LogP contribution < -0.4 is 10.1 Å². The fourth-order valence-electron chi connectivity index (χ4n) is 2.50. The average molecular weight is 382 g/mol. The van der Waals surface area contributed by atoms with Gasteiger partial charge < -0.3 is 9.64 Å². The molecule has 0 unspecified atom stereocenters. The van der Waals surface area contributed by atoms with Crippen LogP contribution in [0, 0.1) is 11.3 Å². The number of nitrogens with one attached hydrogen (secondary N) is 1. The van der Waals surface area contributed by atoms with Crippen molar-refractivity contribution in [2.75, 3.05) is 6.54 Å². The third-order valence-corrected chi connectivity index (χ3v) is 4.07. The maximum absolute atomic E-state index is 12.7. The predicted octanol–water partition coefficient (Wildman–Crippen LogP) is 3.90. The summed E-state index contributed by atoms with van der Waals surface area (Å²) in [4.78, 5) is 14.5. The molecule has 0 saturated carbocycles. The highest BCUT2D eigenvalue weighted by Gasteiger charge is 2.17. The van der Waals surface area contributed by atoms with E-state index in [-0.39, 0.29) is 12.0 Å². The molecule has 1 N–H and O–H groups in total. The van der Waals surface area contributed by atoms with Crippen LogP contribution in [0.3, 0.4) is 0 Å². The lowest BCUT2D eigenvalue weighted by atomic mass is 10.2. The Morgan fingerprint density at radius 3 is 2.52 bits per heavy atom. The molecule has 0 aliphatic carbocycles. The second-order valence-electron chi connectivity index (χ2n) is 6.24. The fourth-order valence-corrected chi connectivity index (χ4v) is 2.74. The van der Waals surface area contributed by atoms with Crippen LogP contribution in [0.1, 0.15) is 36.2 Å². The Morgan fingerprint density at radius 2 is 1.85 bits per heavy atom. The van der Waals surface area contributed by atoms with Gasteiger partial charge in [0.2, 0.25) is 0 Å². The number of amides is 1. The zero-order chi connectivity index (χ0) is 19.6. The SMILES string of the molecule is CC(C)Oc1ccccc1C(=O)NC(=S)N(CCC#N)Cc1ccccc1. The van der Waals surface area contributed by atoms with Gasteiger partial charge in [-0.3, -0.25) is 10.1 Å². The molecule has 0 aliphatic rings. The van der Waals surface area contributed by atoms with Crippen molar-refractivity contribution in [3.05, 3.63) is 65.7 Å². The van der Waals surface area contributed by atoms with Crippen molar-refractivity contribution >= 4 is 23.2 Å². The molecule has 0 saturated heterocycles. The highest BCUT2D eigenvalue weighted by Crippen LogP contribution is 2.19. The van der Waals surface area contributed by atoms with Crippen LogP contribution in [-0.4, -0.2) is 28.6 Å². The van der Waals surface area contributed by atoms with Crippen LogP contribution in [0.2, 0.25) is 0 Å². The molecule has 5 nitrogen and oxygen atoms in total. The number of para-hydroxylation sites is 1. The molecule has 0 fully saturated rings. The molecule has 0 aromatic heterocycles. The molecule has 0 aliphatic heterocycles. The van der Waals surface area contributed by atoms with Crippen molar-refractivity contribution in [3.63, 3.8) is 0 Å². The summed E-state index contributed by atoms with van der Waals surface area (Å²) in [5.41, 5.74) is 1.48. The summed E-state index contributed by atoms with van der Waals surface area (Å²) in [6, 6.07) is 19.0. The Balaban J connectivity index is 2.12. The minimum Gasteiger partial charge on any atom is -0.490 e. The quantitative estimate of drug-likeness (QED) is 0.737. The van der Waals surface area contributed by atoms with Gasteiger partial charge in [-0.1, -0.05) is 42.5 Å². The number of thiocarbonyl (C=S) groups is 1. The molecule has 140 valence electrons. The van der Waals surface area contributed by atoms with Crippen LogP contribution in [0.15, 0.2) is 54.6 Å². The highest BCUT2D eigenvalue weighted by atomic mass is 32.1. The first-order valence-corrected chi connectivity index (χ1v) is 9.19. The topological polar surface area (TPSA) is 65.4 Å². The van der Waals surface area contributed by atoms with E-state index in [0.717, 1.165) is 5.56 Å². The van der Waals surface area contributed by atoms with Gasteiger partial charge in [0.05, 0.1) is 24.2 Å². The van der Waals surface area contributed by atoms with Crippen LogP contribution in [0.5, 0.6) is 5.75 Å². The minimum absolute atomic E-state index is 0.0453. The molecule has 6 heteroatoms. The van der Waals surface area contributed by atoms with Gasteiger partial charge in [-0.2, -0.15) is 5.26 Å². The molecule has 0 heterocycles. The second-order valence-corrected chi connectivity index (χ2v) is 6.62. The average Bonchev–Trinajstić information content (AvgIpc) is 2.65. The highest BCUT2D eigenvalue weighted by molar-refractivity contribution is 7.80. The lowest BCUT2D eigenvalue weighted by Gasteiger charge is -2.25. The van der Waals surface area contributed by atoms with E-state index in [1.165, 1.54) is 0 Å². The third-order valence-electron chi connectivity index (χ3n) is 3.71. The smallest absolute Gasteiger partial charge is 0.261 e. The van der Waals surface area contributed by atoms with Gasteiger partial charge in [0.1, 0.15) is 5.75 Å². The number of benzene rings is 2. The number of hydrogen-bond donors (Lipinski definition) is 1. The van der Waals surface area contributed by atoms with Crippen molar-refractivity contribution in [1.82, 2.24) is 10.2 Å². The van der Waals surface area contributed by atoms with E-state index >= 15 is 0 Å². The van der Waals surface area contributed by atoms with Gasteiger partial charge in [-0.05, 0) is 43.8 Å².